The van der Waals surface area contributed by atoms with Crippen molar-refractivity contribution in [1.29, 1.82) is 0 Å². The van der Waals surface area contributed by atoms with Gasteiger partial charge in [0.25, 0.3) is 0 Å². The van der Waals surface area contributed by atoms with Crippen molar-refractivity contribution in [3.05, 3.63) is 78.1 Å². The third-order valence-corrected chi connectivity index (χ3v) is 4.92. The number of hydrogen-bond donors (Lipinski definition) is 1. The third kappa shape index (κ3) is 3.61. The van der Waals surface area contributed by atoms with E-state index in [0.717, 1.165) is 5.56 Å². The van der Waals surface area contributed by atoms with E-state index in [1.54, 1.807) is 24.3 Å². The molecule has 1 heterocycles. The van der Waals surface area contributed by atoms with E-state index < -0.39 is 10.0 Å². The fourth-order valence-corrected chi connectivity index (χ4v) is 3.24. The molecule has 0 atom stereocenters. The molecule has 0 bridgehead atoms. The molecule has 2 aromatic carbocycles. The van der Waals surface area contributed by atoms with Crippen LogP contribution >= 0.6 is 0 Å². The molecule has 3 rings (SSSR count). The van der Waals surface area contributed by atoms with Crippen molar-refractivity contribution in [3.8, 4) is 11.3 Å². The molecule has 5 nitrogen and oxygen atoms in total. The first kappa shape index (κ1) is 16.2. The second-order valence-corrected chi connectivity index (χ2v) is 6.92. The maximum absolute atomic E-state index is 12.3. The molecule has 0 radical (unpaired) electrons. The van der Waals surface area contributed by atoms with Crippen LogP contribution in [0.1, 0.15) is 16.1 Å². The maximum atomic E-state index is 12.3. The predicted molar refractivity (Wildman–Crippen MR) is 90.0 cm³/mol. The fraction of sp³-hybridized carbons (Fsp3) is 0.0556. The smallest absolute Gasteiger partial charge is 0.240 e. The number of furan rings is 1. The number of sulfonamides is 1. The van der Waals surface area contributed by atoms with Gasteiger partial charge in [0.05, 0.1) is 4.90 Å². The molecule has 0 saturated heterocycles. The van der Waals surface area contributed by atoms with Crippen molar-refractivity contribution >= 4 is 16.3 Å². The molecule has 24 heavy (non-hydrogen) atoms. The Morgan fingerprint density at radius 2 is 1.62 bits per heavy atom. The number of benzene rings is 2. The van der Waals surface area contributed by atoms with Gasteiger partial charge in [0.2, 0.25) is 10.0 Å². The third-order valence-electron chi connectivity index (χ3n) is 3.50. The van der Waals surface area contributed by atoms with Crippen molar-refractivity contribution in [2.24, 2.45) is 0 Å². The second-order valence-electron chi connectivity index (χ2n) is 5.15. The summed E-state index contributed by atoms with van der Waals surface area (Å²) in [7, 11) is -3.59. The Morgan fingerprint density at radius 3 is 2.25 bits per heavy atom. The zero-order valence-electron chi connectivity index (χ0n) is 12.7. The molecule has 0 saturated carbocycles. The van der Waals surface area contributed by atoms with Gasteiger partial charge in [0.1, 0.15) is 5.76 Å². The van der Waals surface area contributed by atoms with Crippen molar-refractivity contribution < 1.29 is 17.6 Å². The Hall–Kier alpha value is -2.70. The number of rotatable bonds is 6. The average Bonchev–Trinajstić information content (AvgIpc) is 3.10. The first-order chi connectivity index (χ1) is 11.6. The van der Waals surface area contributed by atoms with Gasteiger partial charge in [-0.15, -0.1) is 0 Å². The van der Waals surface area contributed by atoms with Gasteiger partial charge in [0, 0.05) is 12.1 Å². The zero-order valence-corrected chi connectivity index (χ0v) is 13.5. The lowest BCUT2D eigenvalue weighted by Crippen LogP contribution is -2.23. The number of aldehydes is 1. The SMILES string of the molecule is O=Cc1ccc(-c2ccc(S(=O)(=O)NCc3ccccc3)cc2)o1. The lowest BCUT2D eigenvalue weighted by molar-refractivity contribution is 0.110. The molecule has 0 unspecified atom stereocenters. The number of carbonyl (C=O) groups is 1. The summed E-state index contributed by atoms with van der Waals surface area (Å²) in [4.78, 5) is 10.8. The zero-order chi connectivity index (χ0) is 17.0. The molecular formula is C18H15NO4S. The Bertz CT molecular complexity index is 929. The average molecular weight is 341 g/mol. The summed E-state index contributed by atoms with van der Waals surface area (Å²) in [5, 5.41) is 0. The normalized spacial score (nSPS) is 11.3. The van der Waals surface area contributed by atoms with E-state index in [9.17, 15) is 13.2 Å². The number of hydrogen-bond acceptors (Lipinski definition) is 4. The van der Waals surface area contributed by atoms with Crippen LogP contribution in [0, 0.1) is 0 Å². The summed E-state index contributed by atoms with van der Waals surface area (Å²) < 4.78 is 32.5. The van der Waals surface area contributed by atoms with Gasteiger partial charge in [0.15, 0.2) is 12.0 Å². The highest BCUT2D eigenvalue weighted by Crippen LogP contribution is 2.23. The van der Waals surface area contributed by atoms with Crippen molar-refractivity contribution in [1.82, 2.24) is 4.72 Å². The molecule has 0 amide bonds. The minimum Gasteiger partial charge on any atom is -0.453 e. The molecule has 0 aliphatic rings. The molecule has 122 valence electrons. The van der Waals surface area contributed by atoms with E-state index in [1.165, 1.54) is 12.1 Å². The Kier molecular flexibility index (Phi) is 4.59. The lowest BCUT2D eigenvalue weighted by Gasteiger charge is -2.07. The van der Waals surface area contributed by atoms with Crippen molar-refractivity contribution in [2.45, 2.75) is 11.4 Å². The van der Waals surface area contributed by atoms with E-state index in [0.29, 0.717) is 17.6 Å². The predicted octanol–water partition coefficient (Wildman–Crippen LogP) is 3.24. The van der Waals surface area contributed by atoms with Gasteiger partial charge >= 0.3 is 0 Å². The molecule has 0 fully saturated rings. The Morgan fingerprint density at radius 1 is 0.917 bits per heavy atom. The van der Waals surface area contributed by atoms with Gasteiger partial charge in [-0.1, -0.05) is 30.3 Å². The van der Waals surface area contributed by atoms with Crippen LogP contribution in [0.25, 0.3) is 11.3 Å². The van der Waals surface area contributed by atoms with Gasteiger partial charge in [-0.2, -0.15) is 0 Å². The highest BCUT2D eigenvalue weighted by molar-refractivity contribution is 7.89. The van der Waals surface area contributed by atoms with Crippen LogP contribution in [0.5, 0.6) is 0 Å². The van der Waals surface area contributed by atoms with E-state index >= 15 is 0 Å². The van der Waals surface area contributed by atoms with Crippen LogP contribution in [0.3, 0.4) is 0 Å². The molecule has 0 spiro atoms. The number of carbonyl (C=O) groups excluding carboxylic acids is 1. The second kappa shape index (κ2) is 6.82. The summed E-state index contributed by atoms with van der Waals surface area (Å²) in [5.41, 5.74) is 1.58. The molecule has 0 aliphatic carbocycles. The monoisotopic (exact) mass is 341 g/mol. The Labute approximate surface area is 140 Å². The highest BCUT2D eigenvalue weighted by atomic mass is 32.2. The highest BCUT2D eigenvalue weighted by Gasteiger charge is 2.14. The van der Waals surface area contributed by atoms with E-state index in [1.807, 2.05) is 30.3 Å². The van der Waals surface area contributed by atoms with Crippen LogP contribution in [0.15, 0.2) is 76.0 Å². The van der Waals surface area contributed by atoms with Crippen LogP contribution in [-0.2, 0) is 16.6 Å². The van der Waals surface area contributed by atoms with Crippen LogP contribution in [-0.4, -0.2) is 14.7 Å². The molecule has 1 aromatic heterocycles. The molecule has 3 aromatic rings. The first-order valence-corrected chi connectivity index (χ1v) is 8.76. The van der Waals surface area contributed by atoms with Crippen molar-refractivity contribution in [2.75, 3.05) is 0 Å². The minimum atomic E-state index is -3.59. The van der Waals surface area contributed by atoms with Gasteiger partial charge < -0.3 is 4.42 Å². The summed E-state index contributed by atoms with van der Waals surface area (Å²) >= 11 is 0. The Balaban J connectivity index is 1.75. The van der Waals surface area contributed by atoms with E-state index in [4.69, 9.17) is 4.42 Å². The van der Waals surface area contributed by atoms with Gasteiger partial charge in [-0.05, 0) is 42.0 Å². The maximum Gasteiger partial charge on any atom is 0.240 e. The van der Waals surface area contributed by atoms with Crippen LogP contribution in [0.4, 0.5) is 0 Å². The van der Waals surface area contributed by atoms with Crippen LogP contribution in [0.2, 0.25) is 0 Å². The fourth-order valence-electron chi connectivity index (χ4n) is 2.23. The topological polar surface area (TPSA) is 76.4 Å². The quantitative estimate of drug-likeness (QED) is 0.698. The van der Waals surface area contributed by atoms with E-state index in [-0.39, 0.29) is 17.2 Å². The van der Waals surface area contributed by atoms with Crippen molar-refractivity contribution in [3.63, 3.8) is 0 Å². The van der Waals surface area contributed by atoms with Gasteiger partial charge in [-0.25, -0.2) is 13.1 Å². The molecule has 6 heteroatoms. The van der Waals surface area contributed by atoms with Crippen LogP contribution < -0.4 is 4.72 Å². The summed E-state index contributed by atoms with van der Waals surface area (Å²) in [6, 6.07) is 18.8. The summed E-state index contributed by atoms with van der Waals surface area (Å²) in [6.45, 7) is 0.228. The molecule has 0 aliphatic heterocycles. The summed E-state index contributed by atoms with van der Waals surface area (Å²) in [5.74, 6) is 0.740. The minimum absolute atomic E-state index is 0.171. The lowest BCUT2D eigenvalue weighted by atomic mass is 10.2. The molecule has 1 N–H and O–H groups in total. The standard InChI is InChI=1S/C18H15NO4S/c20-13-16-8-11-18(23-16)15-6-9-17(10-7-15)24(21,22)19-12-14-4-2-1-3-5-14/h1-11,13,19H,12H2. The van der Waals surface area contributed by atoms with Gasteiger partial charge in [-0.3, -0.25) is 4.79 Å². The van der Waals surface area contributed by atoms with E-state index in [2.05, 4.69) is 4.72 Å². The largest absolute Gasteiger partial charge is 0.453 e. The summed E-state index contributed by atoms with van der Waals surface area (Å²) in [6.07, 6.45) is 0.621. The number of nitrogens with one attached hydrogen (secondary N) is 1. The first-order valence-electron chi connectivity index (χ1n) is 7.27. The molecular weight excluding hydrogens is 326 g/mol.